The second-order valence-corrected chi connectivity index (χ2v) is 7.25. The minimum absolute atomic E-state index is 0.215. The fraction of sp³-hybridized carbons (Fsp3) is 0.0455. The zero-order valence-corrected chi connectivity index (χ0v) is 16.7. The topological polar surface area (TPSA) is 75.7 Å². The molecule has 1 heterocycles. The van der Waals surface area contributed by atoms with E-state index in [4.69, 9.17) is 4.74 Å². The Hall–Kier alpha value is -3.45. The monoisotopic (exact) mass is 450 g/mol. The number of ether oxygens (including phenoxy) is 1. The van der Waals surface area contributed by atoms with Crippen molar-refractivity contribution in [3.8, 4) is 5.75 Å². The minimum Gasteiger partial charge on any atom is -0.487 e. The Morgan fingerprint density at radius 3 is 2.10 bits per heavy atom. The van der Waals surface area contributed by atoms with Gasteiger partial charge >= 0.3 is 6.03 Å². The Morgan fingerprint density at radius 2 is 1.45 bits per heavy atom. The number of hydrogen-bond donors (Lipinski definition) is 1. The van der Waals surface area contributed by atoms with Gasteiger partial charge in [-0.05, 0) is 42.0 Å². The number of carbonyl (C=O) groups is 3. The second kappa shape index (κ2) is 7.89. The number of nitrogens with one attached hydrogen (secondary N) is 1. The summed E-state index contributed by atoms with van der Waals surface area (Å²) in [4.78, 5) is 38.2. The number of para-hydroxylation sites is 2. The molecule has 1 aliphatic heterocycles. The number of rotatable bonds is 4. The van der Waals surface area contributed by atoms with Gasteiger partial charge < -0.3 is 10.1 Å². The predicted octanol–water partition coefficient (Wildman–Crippen LogP) is 4.86. The van der Waals surface area contributed by atoms with Crippen LogP contribution in [0.2, 0.25) is 0 Å². The molecule has 29 heavy (non-hydrogen) atoms. The minimum atomic E-state index is -0.823. The first-order chi connectivity index (χ1) is 14.0. The third-order valence-electron chi connectivity index (χ3n) is 4.43. The molecule has 3 aromatic rings. The molecule has 1 aliphatic rings. The van der Waals surface area contributed by atoms with E-state index in [9.17, 15) is 14.4 Å². The fourth-order valence-electron chi connectivity index (χ4n) is 2.98. The zero-order chi connectivity index (χ0) is 20.4. The Balaban J connectivity index is 1.50. The first-order valence-corrected chi connectivity index (χ1v) is 9.59. The normalized spacial score (nSPS) is 12.7. The van der Waals surface area contributed by atoms with Crippen molar-refractivity contribution in [2.45, 2.75) is 6.61 Å². The molecule has 144 valence electrons. The quantitative estimate of drug-likeness (QED) is 0.576. The number of anilines is 1. The summed E-state index contributed by atoms with van der Waals surface area (Å²) in [6.45, 7) is 0.299. The molecule has 4 amide bonds. The predicted molar refractivity (Wildman–Crippen MR) is 111 cm³/mol. The number of benzene rings is 3. The van der Waals surface area contributed by atoms with E-state index in [2.05, 4.69) is 21.2 Å². The van der Waals surface area contributed by atoms with Gasteiger partial charge in [0, 0.05) is 4.47 Å². The Labute approximate surface area is 175 Å². The van der Waals surface area contributed by atoms with Crippen LogP contribution in [0, 0.1) is 0 Å². The third kappa shape index (κ3) is 3.77. The van der Waals surface area contributed by atoms with Crippen LogP contribution in [0.4, 0.5) is 10.5 Å². The van der Waals surface area contributed by atoms with E-state index < -0.39 is 17.8 Å². The molecule has 0 spiro atoms. The van der Waals surface area contributed by atoms with Gasteiger partial charge in [0.1, 0.15) is 12.4 Å². The van der Waals surface area contributed by atoms with Crippen molar-refractivity contribution in [3.05, 3.63) is 94.0 Å². The maximum Gasteiger partial charge on any atom is 0.336 e. The van der Waals surface area contributed by atoms with Crippen LogP contribution in [0.1, 0.15) is 26.3 Å². The zero-order valence-electron chi connectivity index (χ0n) is 15.1. The SMILES string of the molecule is O=C(Nc1ccccc1OCc1ccc(Br)cc1)N1C(=O)c2ccccc2C1=O. The Bertz CT molecular complexity index is 1080. The smallest absolute Gasteiger partial charge is 0.336 e. The van der Waals surface area contributed by atoms with Crippen LogP contribution in [0.3, 0.4) is 0 Å². The van der Waals surface area contributed by atoms with Gasteiger partial charge in [0.2, 0.25) is 0 Å². The summed E-state index contributed by atoms with van der Waals surface area (Å²) < 4.78 is 6.79. The molecular weight excluding hydrogens is 436 g/mol. The van der Waals surface area contributed by atoms with Gasteiger partial charge in [0.25, 0.3) is 11.8 Å². The molecule has 0 aromatic heterocycles. The molecule has 3 aromatic carbocycles. The van der Waals surface area contributed by atoms with E-state index in [-0.39, 0.29) is 11.1 Å². The van der Waals surface area contributed by atoms with E-state index in [0.717, 1.165) is 10.0 Å². The first-order valence-electron chi connectivity index (χ1n) is 8.79. The van der Waals surface area contributed by atoms with E-state index in [1.807, 2.05) is 24.3 Å². The van der Waals surface area contributed by atoms with Crippen LogP contribution in [0.25, 0.3) is 0 Å². The van der Waals surface area contributed by atoms with Gasteiger partial charge in [0.05, 0.1) is 16.8 Å². The van der Waals surface area contributed by atoms with Crippen molar-refractivity contribution in [1.82, 2.24) is 4.90 Å². The molecule has 0 saturated carbocycles. The van der Waals surface area contributed by atoms with E-state index >= 15 is 0 Å². The summed E-state index contributed by atoms with van der Waals surface area (Å²) in [6, 6.07) is 20.0. The van der Waals surface area contributed by atoms with Crippen molar-refractivity contribution < 1.29 is 19.1 Å². The number of amides is 4. The molecule has 6 nitrogen and oxygen atoms in total. The Morgan fingerprint density at radius 1 is 0.862 bits per heavy atom. The van der Waals surface area contributed by atoms with Crippen LogP contribution < -0.4 is 10.1 Å². The molecule has 4 rings (SSSR count). The maximum atomic E-state index is 12.7. The molecule has 0 radical (unpaired) electrons. The standard InChI is InChI=1S/C22H15BrN2O4/c23-15-11-9-14(10-12-15)13-29-19-8-4-3-7-18(19)24-22(28)25-20(26)16-5-1-2-6-17(16)21(25)27/h1-12H,13H2,(H,24,28). The van der Waals surface area contributed by atoms with E-state index in [1.165, 1.54) is 12.1 Å². The molecule has 0 bridgehead atoms. The highest BCUT2D eigenvalue weighted by Gasteiger charge is 2.39. The summed E-state index contributed by atoms with van der Waals surface area (Å²) >= 11 is 3.38. The van der Waals surface area contributed by atoms with Crippen molar-refractivity contribution in [3.63, 3.8) is 0 Å². The average Bonchev–Trinajstić information content (AvgIpc) is 2.99. The van der Waals surface area contributed by atoms with Crippen LogP contribution >= 0.6 is 15.9 Å². The molecule has 0 atom stereocenters. The summed E-state index contributed by atoms with van der Waals surface area (Å²) in [6.07, 6.45) is 0. The number of carbonyl (C=O) groups excluding carboxylic acids is 3. The number of hydrogen-bond acceptors (Lipinski definition) is 4. The summed E-state index contributed by atoms with van der Waals surface area (Å²) in [5, 5.41) is 2.61. The van der Waals surface area contributed by atoms with Crippen molar-refractivity contribution in [1.29, 1.82) is 0 Å². The van der Waals surface area contributed by atoms with Crippen LogP contribution in [-0.4, -0.2) is 22.7 Å². The van der Waals surface area contributed by atoms with E-state index in [0.29, 0.717) is 22.9 Å². The molecule has 7 heteroatoms. The number of nitrogens with zero attached hydrogens (tertiary/aromatic N) is 1. The summed E-state index contributed by atoms with van der Waals surface area (Å²) in [5.41, 5.74) is 1.75. The van der Waals surface area contributed by atoms with E-state index in [1.54, 1.807) is 36.4 Å². The fourth-order valence-corrected chi connectivity index (χ4v) is 3.25. The lowest BCUT2D eigenvalue weighted by Gasteiger charge is -2.16. The van der Waals surface area contributed by atoms with Crippen molar-refractivity contribution in [2.24, 2.45) is 0 Å². The van der Waals surface area contributed by atoms with Gasteiger partial charge in [-0.2, -0.15) is 4.90 Å². The third-order valence-corrected chi connectivity index (χ3v) is 4.96. The average molecular weight is 451 g/mol. The number of halogens is 1. The lowest BCUT2D eigenvalue weighted by Crippen LogP contribution is -2.39. The highest BCUT2D eigenvalue weighted by atomic mass is 79.9. The lowest BCUT2D eigenvalue weighted by molar-refractivity contribution is 0.0713. The molecule has 1 N–H and O–H groups in total. The van der Waals surface area contributed by atoms with Gasteiger partial charge in [0.15, 0.2) is 0 Å². The molecule has 0 fully saturated rings. The highest BCUT2D eigenvalue weighted by molar-refractivity contribution is 9.10. The number of fused-ring (bicyclic) bond motifs is 1. The van der Waals surface area contributed by atoms with Gasteiger partial charge in [-0.3, -0.25) is 9.59 Å². The molecular formula is C22H15BrN2O4. The van der Waals surface area contributed by atoms with Crippen LogP contribution in [-0.2, 0) is 6.61 Å². The first kappa shape index (κ1) is 18.9. The van der Waals surface area contributed by atoms with Crippen LogP contribution in [0.5, 0.6) is 5.75 Å². The molecule has 0 aliphatic carbocycles. The lowest BCUT2D eigenvalue weighted by atomic mass is 10.1. The summed E-state index contributed by atoms with van der Waals surface area (Å²) in [5.74, 6) is -0.854. The van der Waals surface area contributed by atoms with Gasteiger partial charge in [-0.1, -0.05) is 52.3 Å². The van der Waals surface area contributed by atoms with Gasteiger partial charge in [-0.15, -0.1) is 0 Å². The molecule has 0 unspecified atom stereocenters. The maximum absolute atomic E-state index is 12.7. The summed E-state index contributed by atoms with van der Waals surface area (Å²) in [7, 11) is 0. The molecule has 0 saturated heterocycles. The van der Waals surface area contributed by atoms with Crippen molar-refractivity contribution in [2.75, 3.05) is 5.32 Å². The number of urea groups is 1. The Kier molecular flexibility index (Phi) is 5.14. The second-order valence-electron chi connectivity index (χ2n) is 6.33. The van der Waals surface area contributed by atoms with Crippen molar-refractivity contribution >= 4 is 39.5 Å². The largest absolute Gasteiger partial charge is 0.487 e. The highest BCUT2D eigenvalue weighted by Crippen LogP contribution is 2.28. The van der Waals surface area contributed by atoms with Crippen LogP contribution in [0.15, 0.2) is 77.3 Å². The number of imide groups is 3. The van der Waals surface area contributed by atoms with Gasteiger partial charge in [-0.25, -0.2) is 4.79 Å².